The van der Waals surface area contributed by atoms with Crippen LogP contribution in [-0.2, 0) is 9.59 Å². The van der Waals surface area contributed by atoms with Gasteiger partial charge in [-0.3, -0.25) is 9.59 Å². The second-order valence-electron chi connectivity index (χ2n) is 3.67. The number of anilines is 1. The highest BCUT2D eigenvalue weighted by atomic mass is 79.9. The van der Waals surface area contributed by atoms with Gasteiger partial charge in [0.2, 0.25) is 11.8 Å². The van der Waals surface area contributed by atoms with Crippen molar-refractivity contribution < 1.29 is 18.4 Å². The first kappa shape index (κ1) is 15.9. The molecule has 0 fully saturated rings. The van der Waals surface area contributed by atoms with Crippen molar-refractivity contribution in [2.75, 3.05) is 11.1 Å². The van der Waals surface area contributed by atoms with Crippen molar-refractivity contribution >= 4 is 46.1 Å². The number of thiol groups is 1. The van der Waals surface area contributed by atoms with Gasteiger partial charge in [0, 0.05) is 18.7 Å². The summed E-state index contributed by atoms with van der Waals surface area (Å²) in [4.78, 5) is 22.6. The zero-order valence-corrected chi connectivity index (χ0v) is 12.3. The standard InChI is InChI=1S/C11H11BrF2N2O2S/c1-5(17)15-10(4-19)11(18)16-9-3-7(13)6(12)2-8(9)14/h2-3,10,19H,4H2,1H3,(H,15,17)(H,16,18). The number of hydrogen-bond acceptors (Lipinski definition) is 3. The molecule has 1 aromatic carbocycles. The van der Waals surface area contributed by atoms with E-state index in [0.717, 1.165) is 12.1 Å². The summed E-state index contributed by atoms with van der Waals surface area (Å²) in [6.07, 6.45) is 0. The van der Waals surface area contributed by atoms with Crippen LogP contribution in [0.1, 0.15) is 6.92 Å². The molecule has 0 aliphatic carbocycles. The number of amides is 2. The lowest BCUT2D eigenvalue weighted by molar-refractivity contribution is -0.124. The van der Waals surface area contributed by atoms with E-state index in [9.17, 15) is 18.4 Å². The lowest BCUT2D eigenvalue weighted by Gasteiger charge is -2.15. The average Bonchev–Trinajstić information content (AvgIpc) is 2.32. The summed E-state index contributed by atoms with van der Waals surface area (Å²) >= 11 is 6.73. The fourth-order valence-corrected chi connectivity index (χ4v) is 1.85. The van der Waals surface area contributed by atoms with E-state index in [4.69, 9.17) is 0 Å². The number of nitrogens with one attached hydrogen (secondary N) is 2. The first-order valence-electron chi connectivity index (χ1n) is 5.18. The first-order chi connectivity index (χ1) is 8.85. The molecule has 0 saturated heterocycles. The zero-order valence-electron chi connectivity index (χ0n) is 9.84. The fourth-order valence-electron chi connectivity index (χ4n) is 1.28. The number of carbonyl (C=O) groups excluding carboxylic acids is 2. The molecule has 0 saturated carbocycles. The number of hydrogen-bond donors (Lipinski definition) is 3. The highest BCUT2D eigenvalue weighted by Gasteiger charge is 2.19. The van der Waals surface area contributed by atoms with Crippen molar-refractivity contribution in [3.05, 3.63) is 28.2 Å². The molecule has 2 N–H and O–H groups in total. The van der Waals surface area contributed by atoms with E-state index < -0.39 is 29.5 Å². The van der Waals surface area contributed by atoms with E-state index >= 15 is 0 Å². The Bertz CT molecular complexity index is 514. The van der Waals surface area contributed by atoms with Gasteiger partial charge in [-0.25, -0.2) is 8.78 Å². The Labute approximate surface area is 122 Å². The van der Waals surface area contributed by atoms with E-state index in [1.165, 1.54) is 6.92 Å². The predicted octanol–water partition coefficient (Wildman–Crippen LogP) is 2.10. The molecule has 1 aromatic rings. The summed E-state index contributed by atoms with van der Waals surface area (Å²) in [5, 5.41) is 4.54. The molecule has 0 aliphatic rings. The number of benzene rings is 1. The quantitative estimate of drug-likeness (QED) is 0.574. The van der Waals surface area contributed by atoms with Crippen LogP contribution in [0.5, 0.6) is 0 Å². The van der Waals surface area contributed by atoms with Crippen molar-refractivity contribution in [3.8, 4) is 0 Å². The monoisotopic (exact) mass is 352 g/mol. The molecule has 104 valence electrons. The van der Waals surface area contributed by atoms with Crippen LogP contribution in [0.3, 0.4) is 0 Å². The molecule has 1 atom stereocenters. The Balaban J connectivity index is 2.86. The minimum atomic E-state index is -0.924. The summed E-state index contributed by atoms with van der Waals surface area (Å²) in [5.74, 6) is -2.56. The fraction of sp³-hybridized carbons (Fsp3) is 0.273. The van der Waals surface area contributed by atoms with Crippen LogP contribution in [0.25, 0.3) is 0 Å². The molecule has 19 heavy (non-hydrogen) atoms. The van der Waals surface area contributed by atoms with Crippen LogP contribution >= 0.6 is 28.6 Å². The average molecular weight is 353 g/mol. The first-order valence-corrected chi connectivity index (χ1v) is 6.61. The second-order valence-corrected chi connectivity index (χ2v) is 4.89. The molecule has 1 unspecified atom stereocenters. The van der Waals surface area contributed by atoms with Gasteiger partial charge in [-0.05, 0) is 22.0 Å². The number of halogens is 3. The molecule has 0 aliphatic heterocycles. The van der Waals surface area contributed by atoms with Gasteiger partial charge < -0.3 is 10.6 Å². The minimum Gasteiger partial charge on any atom is -0.344 e. The van der Waals surface area contributed by atoms with Gasteiger partial charge in [0.15, 0.2) is 0 Å². The normalized spacial score (nSPS) is 11.8. The maximum Gasteiger partial charge on any atom is 0.247 e. The third-order valence-electron chi connectivity index (χ3n) is 2.14. The maximum absolute atomic E-state index is 13.5. The molecule has 0 radical (unpaired) electrons. The highest BCUT2D eigenvalue weighted by Crippen LogP contribution is 2.23. The summed E-state index contributed by atoms with van der Waals surface area (Å²) in [7, 11) is 0. The van der Waals surface area contributed by atoms with Gasteiger partial charge in [0.1, 0.15) is 17.7 Å². The van der Waals surface area contributed by atoms with Gasteiger partial charge in [-0.1, -0.05) is 0 Å². The molecular weight excluding hydrogens is 342 g/mol. The summed E-state index contributed by atoms with van der Waals surface area (Å²) in [5.41, 5.74) is -0.303. The second kappa shape index (κ2) is 6.85. The largest absolute Gasteiger partial charge is 0.344 e. The Morgan fingerprint density at radius 1 is 1.37 bits per heavy atom. The molecule has 0 aromatic heterocycles. The van der Waals surface area contributed by atoms with Crippen molar-refractivity contribution in [3.63, 3.8) is 0 Å². The van der Waals surface area contributed by atoms with Crippen molar-refractivity contribution in [1.82, 2.24) is 5.32 Å². The number of rotatable bonds is 4. The van der Waals surface area contributed by atoms with E-state index in [1.54, 1.807) is 0 Å². The molecule has 0 spiro atoms. The third-order valence-corrected chi connectivity index (χ3v) is 3.12. The molecule has 4 nitrogen and oxygen atoms in total. The van der Waals surface area contributed by atoms with E-state index in [2.05, 4.69) is 39.2 Å². The highest BCUT2D eigenvalue weighted by molar-refractivity contribution is 9.10. The Kier molecular flexibility index (Phi) is 5.74. The van der Waals surface area contributed by atoms with Crippen LogP contribution in [-0.4, -0.2) is 23.6 Å². The molecule has 1 rings (SSSR count). The maximum atomic E-state index is 13.5. The van der Waals surface area contributed by atoms with Gasteiger partial charge >= 0.3 is 0 Å². The van der Waals surface area contributed by atoms with E-state index in [1.807, 2.05) is 0 Å². The van der Waals surface area contributed by atoms with Crippen LogP contribution in [0, 0.1) is 11.6 Å². The predicted molar refractivity (Wildman–Crippen MR) is 74.1 cm³/mol. The van der Waals surface area contributed by atoms with Crippen LogP contribution in [0.15, 0.2) is 16.6 Å². The van der Waals surface area contributed by atoms with Crippen LogP contribution in [0.4, 0.5) is 14.5 Å². The van der Waals surface area contributed by atoms with Crippen molar-refractivity contribution in [2.24, 2.45) is 0 Å². The summed E-state index contributed by atoms with van der Waals surface area (Å²) < 4.78 is 26.7. The molecule has 0 heterocycles. The van der Waals surface area contributed by atoms with Crippen molar-refractivity contribution in [1.29, 1.82) is 0 Å². The lowest BCUT2D eigenvalue weighted by Crippen LogP contribution is -2.44. The van der Waals surface area contributed by atoms with Gasteiger partial charge in [-0.15, -0.1) is 0 Å². The smallest absolute Gasteiger partial charge is 0.247 e. The lowest BCUT2D eigenvalue weighted by atomic mass is 10.2. The van der Waals surface area contributed by atoms with Crippen LogP contribution in [0.2, 0.25) is 0 Å². The Hall–Kier alpha value is -1.15. The third kappa shape index (κ3) is 4.46. The molecule has 8 heteroatoms. The zero-order chi connectivity index (χ0) is 14.6. The Morgan fingerprint density at radius 2 is 2.00 bits per heavy atom. The van der Waals surface area contributed by atoms with Crippen LogP contribution < -0.4 is 10.6 Å². The van der Waals surface area contributed by atoms with Gasteiger partial charge in [-0.2, -0.15) is 12.6 Å². The van der Waals surface area contributed by atoms with Gasteiger partial charge in [0.25, 0.3) is 0 Å². The molecular formula is C11H11BrF2N2O2S. The Morgan fingerprint density at radius 3 is 2.53 bits per heavy atom. The van der Waals surface area contributed by atoms with E-state index in [-0.39, 0.29) is 15.9 Å². The molecule has 2 amide bonds. The molecule has 0 bridgehead atoms. The van der Waals surface area contributed by atoms with E-state index in [0.29, 0.717) is 0 Å². The van der Waals surface area contributed by atoms with Crippen molar-refractivity contribution in [2.45, 2.75) is 13.0 Å². The topological polar surface area (TPSA) is 58.2 Å². The summed E-state index contributed by atoms with van der Waals surface area (Å²) in [6.45, 7) is 1.24. The number of carbonyl (C=O) groups is 2. The summed E-state index contributed by atoms with van der Waals surface area (Å²) in [6, 6.07) is 0.826. The van der Waals surface area contributed by atoms with Gasteiger partial charge in [0.05, 0.1) is 10.2 Å². The SMILES string of the molecule is CC(=O)NC(CS)C(=O)Nc1cc(F)c(Br)cc1F. The minimum absolute atomic E-state index is 0.0338.